The summed E-state index contributed by atoms with van der Waals surface area (Å²) >= 11 is 7.75. The van der Waals surface area contributed by atoms with E-state index in [1.807, 2.05) is 0 Å². The van der Waals surface area contributed by atoms with Gasteiger partial charge in [-0.05, 0) is 78.7 Å². The first kappa shape index (κ1) is 13.6. The Bertz CT molecular complexity index is 628. The molecule has 0 aliphatic carbocycles. The highest BCUT2D eigenvalue weighted by molar-refractivity contribution is 14.1. The number of hydrogen-bond acceptors (Lipinski definition) is 2. The first-order valence-corrected chi connectivity index (χ1v) is 8.22. The van der Waals surface area contributed by atoms with Crippen LogP contribution in [0, 0.1) is 8.34 Å². The topological polar surface area (TPSA) is 29.9 Å². The third-order valence-corrected chi connectivity index (χ3v) is 4.68. The molecule has 1 fully saturated rings. The molecule has 3 rings (SSSR count). The Morgan fingerprint density at radius 1 is 1.42 bits per heavy atom. The molecule has 19 heavy (non-hydrogen) atoms. The summed E-state index contributed by atoms with van der Waals surface area (Å²) in [6.07, 6.45) is 5.15. The van der Waals surface area contributed by atoms with Crippen LogP contribution in [0.1, 0.15) is 25.7 Å². The molecule has 1 aromatic heterocycles. The zero-order valence-electron chi connectivity index (χ0n) is 10.7. The second kappa shape index (κ2) is 5.93. The molecule has 0 amide bonds. The van der Waals surface area contributed by atoms with Crippen molar-refractivity contribution in [3.8, 4) is 0 Å². The number of aryl methyl sites for hydroxylation is 1. The van der Waals surface area contributed by atoms with Crippen molar-refractivity contribution in [3.63, 3.8) is 0 Å². The fraction of sp³-hybridized carbons (Fsp3) is 0.500. The van der Waals surface area contributed by atoms with E-state index in [0.29, 0.717) is 6.10 Å². The number of rotatable bonds is 3. The van der Waals surface area contributed by atoms with E-state index < -0.39 is 0 Å². The summed E-state index contributed by atoms with van der Waals surface area (Å²) in [6.45, 7) is 1.85. The lowest BCUT2D eigenvalue weighted by Gasteiger charge is -2.22. The highest BCUT2D eigenvalue weighted by Crippen LogP contribution is 2.20. The van der Waals surface area contributed by atoms with Gasteiger partial charge in [-0.15, -0.1) is 0 Å². The lowest BCUT2D eigenvalue weighted by molar-refractivity contribution is 0.00892. The Morgan fingerprint density at radius 3 is 3.11 bits per heavy atom. The summed E-state index contributed by atoms with van der Waals surface area (Å²) < 4.78 is 10.0. The Labute approximate surface area is 131 Å². The average Bonchev–Trinajstić information content (AvgIpc) is 2.72. The van der Waals surface area contributed by atoms with Crippen molar-refractivity contribution in [1.29, 1.82) is 0 Å². The van der Waals surface area contributed by atoms with Crippen LogP contribution in [0.15, 0.2) is 18.2 Å². The summed E-state index contributed by atoms with van der Waals surface area (Å²) in [5.74, 6) is 0. The van der Waals surface area contributed by atoms with Crippen molar-refractivity contribution < 1.29 is 4.74 Å². The van der Waals surface area contributed by atoms with E-state index in [9.17, 15) is 0 Å². The van der Waals surface area contributed by atoms with Crippen LogP contribution in [0.5, 0.6) is 0 Å². The van der Waals surface area contributed by atoms with Gasteiger partial charge in [-0.25, -0.2) is 0 Å². The third kappa shape index (κ3) is 3.03. The molecule has 1 saturated heterocycles. The Hall–Kier alpha value is -0.400. The molecule has 0 bridgehead atoms. The van der Waals surface area contributed by atoms with Crippen molar-refractivity contribution in [1.82, 2.24) is 9.55 Å². The van der Waals surface area contributed by atoms with Gasteiger partial charge in [-0.3, -0.25) is 0 Å². The van der Waals surface area contributed by atoms with Crippen LogP contribution in [-0.2, 0) is 11.3 Å². The van der Waals surface area contributed by atoms with Gasteiger partial charge < -0.3 is 14.3 Å². The maximum absolute atomic E-state index is 5.79. The van der Waals surface area contributed by atoms with Crippen molar-refractivity contribution >= 4 is 45.8 Å². The standard InChI is InChI=1S/C14H17IN2OS/c15-10-4-5-13-12(9-10)16-14(19)17(13)7-6-11-3-1-2-8-18-11/h4-5,9,11H,1-3,6-8H2,(H,16,19). The van der Waals surface area contributed by atoms with Gasteiger partial charge in [0.1, 0.15) is 0 Å². The maximum Gasteiger partial charge on any atom is 0.178 e. The molecule has 1 atom stereocenters. The molecule has 0 spiro atoms. The SMILES string of the molecule is S=c1[nH]c2cc(I)ccc2n1CCC1CCCCO1. The predicted octanol–water partition coefficient (Wildman–Crippen LogP) is 4.26. The lowest BCUT2D eigenvalue weighted by atomic mass is 10.1. The van der Waals surface area contributed by atoms with Gasteiger partial charge >= 0.3 is 0 Å². The van der Waals surface area contributed by atoms with Crippen LogP contribution < -0.4 is 0 Å². The Balaban J connectivity index is 1.80. The van der Waals surface area contributed by atoms with Crippen molar-refractivity contribution in [2.75, 3.05) is 6.61 Å². The normalized spacial score (nSPS) is 19.9. The van der Waals surface area contributed by atoms with E-state index in [2.05, 4.69) is 50.3 Å². The number of nitrogens with zero attached hydrogens (tertiary/aromatic N) is 1. The highest BCUT2D eigenvalue weighted by Gasteiger charge is 2.14. The van der Waals surface area contributed by atoms with Gasteiger partial charge in [0.15, 0.2) is 4.77 Å². The molecule has 102 valence electrons. The lowest BCUT2D eigenvalue weighted by Crippen LogP contribution is -2.20. The van der Waals surface area contributed by atoms with Crippen LogP contribution in [0.25, 0.3) is 11.0 Å². The number of hydrogen-bond donors (Lipinski definition) is 1. The number of H-pyrrole nitrogens is 1. The number of halogens is 1. The minimum Gasteiger partial charge on any atom is -0.378 e. The zero-order chi connectivity index (χ0) is 13.2. The van der Waals surface area contributed by atoms with Gasteiger partial charge in [0.2, 0.25) is 0 Å². The molecule has 2 aromatic rings. The van der Waals surface area contributed by atoms with Crippen LogP contribution in [-0.4, -0.2) is 22.3 Å². The molecule has 1 unspecified atom stereocenters. The number of imidazole rings is 1. The van der Waals surface area contributed by atoms with Crippen molar-refractivity contribution in [2.45, 2.75) is 38.3 Å². The smallest absolute Gasteiger partial charge is 0.178 e. The summed E-state index contributed by atoms with van der Waals surface area (Å²) in [5.41, 5.74) is 2.32. The second-order valence-electron chi connectivity index (χ2n) is 5.02. The highest BCUT2D eigenvalue weighted by atomic mass is 127. The molecule has 1 aromatic carbocycles. The van der Waals surface area contributed by atoms with Gasteiger partial charge in [-0.1, -0.05) is 0 Å². The first-order valence-electron chi connectivity index (χ1n) is 6.74. The first-order chi connectivity index (χ1) is 9.24. The molecular formula is C14H17IN2OS. The summed E-state index contributed by atoms with van der Waals surface area (Å²) in [7, 11) is 0. The van der Waals surface area contributed by atoms with Crippen molar-refractivity contribution in [2.24, 2.45) is 0 Å². The second-order valence-corrected chi connectivity index (χ2v) is 6.65. The van der Waals surface area contributed by atoms with Gasteiger partial charge in [0.25, 0.3) is 0 Å². The molecule has 0 radical (unpaired) electrons. The van der Waals surface area contributed by atoms with Crippen molar-refractivity contribution in [3.05, 3.63) is 26.5 Å². The molecular weight excluding hydrogens is 371 g/mol. The minimum atomic E-state index is 0.407. The molecule has 1 aliphatic rings. The van der Waals surface area contributed by atoms with E-state index in [4.69, 9.17) is 17.0 Å². The van der Waals surface area contributed by atoms with Crippen LogP contribution in [0.4, 0.5) is 0 Å². The molecule has 2 heterocycles. The third-order valence-electron chi connectivity index (χ3n) is 3.68. The van der Waals surface area contributed by atoms with E-state index in [-0.39, 0.29) is 0 Å². The number of nitrogens with one attached hydrogen (secondary N) is 1. The zero-order valence-corrected chi connectivity index (χ0v) is 13.7. The minimum absolute atomic E-state index is 0.407. The van der Waals surface area contributed by atoms with E-state index >= 15 is 0 Å². The number of ether oxygens (including phenoxy) is 1. The number of aromatic amines is 1. The summed E-state index contributed by atoms with van der Waals surface area (Å²) in [5, 5.41) is 0. The molecule has 1 N–H and O–H groups in total. The van der Waals surface area contributed by atoms with Crippen LogP contribution in [0.2, 0.25) is 0 Å². The van der Waals surface area contributed by atoms with Gasteiger partial charge in [0, 0.05) is 16.7 Å². The maximum atomic E-state index is 5.79. The number of aromatic nitrogens is 2. The van der Waals surface area contributed by atoms with E-state index in [0.717, 1.165) is 29.9 Å². The number of fused-ring (bicyclic) bond motifs is 1. The largest absolute Gasteiger partial charge is 0.378 e. The Morgan fingerprint density at radius 2 is 2.32 bits per heavy atom. The Kier molecular flexibility index (Phi) is 4.24. The van der Waals surface area contributed by atoms with Gasteiger partial charge in [0.05, 0.1) is 17.1 Å². The predicted molar refractivity (Wildman–Crippen MR) is 88.0 cm³/mol. The molecule has 5 heteroatoms. The van der Waals surface area contributed by atoms with Gasteiger partial charge in [-0.2, -0.15) is 0 Å². The number of benzene rings is 1. The average molecular weight is 388 g/mol. The van der Waals surface area contributed by atoms with E-state index in [1.54, 1.807) is 0 Å². The molecule has 0 saturated carbocycles. The van der Waals surface area contributed by atoms with Crippen LogP contribution >= 0.6 is 34.8 Å². The molecule has 3 nitrogen and oxygen atoms in total. The van der Waals surface area contributed by atoms with Crippen LogP contribution in [0.3, 0.4) is 0 Å². The quantitative estimate of drug-likeness (QED) is 0.629. The molecule has 1 aliphatic heterocycles. The summed E-state index contributed by atoms with van der Waals surface area (Å²) in [6, 6.07) is 6.41. The van der Waals surface area contributed by atoms with E-state index in [1.165, 1.54) is 28.3 Å². The monoisotopic (exact) mass is 388 g/mol. The fourth-order valence-electron chi connectivity index (χ4n) is 2.67. The fourth-order valence-corrected chi connectivity index (χ4v) is 3.46. The summed E-state index contributed by atoms with van der Waals surface area (Å²) in [4.78, 5) is 3.29.